The summed E-state index contributed by atoms with van der Waals surface area (Å²) in [6.07, 6.45) is 0.320. The topological polar surface area (TPSA) is 40.5 Å². The fourth-order valence-corrected chi connectivity index (χ4v) is 2.24. The average Bonchev–Trinajstić information content (AvgIpc) is 2.64. The van der Waals surface area contributed by atoms with Crippen LogP contribution in [-0.2, 0) is 6.42 Å². The fourth-order valence-electron chi connectivity index (χ4n) is 2.24. The maximum absolute atomic E-state index is 13.0. The van der Waals surface area contributed by atoms with E-state index in [1.807, 2.05) is 0 Å². The minimum atomic E-state index is -0.932. The number of rotatable bonds is 2. The monoisotopic (exact) mass is 241 g/mol. The lowest BCUT2D eigenvalue weighted by atomic mass is 9.98. The number of nitrogens with zero attached hydrogens (tertiary/aromatic N) is 1. The Morgan fingerprint density at radius 2 is 2.00 bits per heavy atom. The van der Waals surface area contributed by atoms with E-state index < -0.39 is 17.7 Å². The number of hydrogen-bond donors (Lipinski definition) is 1. The van der Waals surface area contributed by atoms with Crippen LogP contribution in [0.3, 0.4) is 0 Å². The molecule has 17 heavy (non-hydrogen) atoms. The van der Waals surface area contributed by atoms with E-state index in [0.717, 1.165) is 12.5 Å². The summed E-state index contributed by atoms with van der Waals surface area (Å²) in [5.41, 5.74) is 0.583. The zero-order valence-corrected chi connectivity index (χ0v) is 9.20. The van der Waals surface area contributed by atoms with E-state index in [1.54, 1.807) is 0 Å². The number of likely N-dealkylation sites (tertiary alicyclic amines) is 1. The molecule has 0 aliphatic carbocycles. The Morgan fingerprint density at radius 3 is 2.53 bits per heavy atom. The van der Waals surface area contributed by atoms with Crippen molar-refractivity contribution in [2.75, 3.05) is 13.1 Å². The first-order valence-electron chi connectivity index (χ1n) is 5.47. The molecule has 1 saturated heterocycles. The zero-order chi connectivity index (χ0) is 12.4. The van der Waals surface area contributed by atoms with Gasteiger partial charge in [0.1, 0.15) is 11.6 Å². The van der Waals surface area contributed by atoms with E-state index in [-0.39, 0.29) is 5.92 Å². The van der Waals surface area contributed by atoms with Crippen molar-refractivity contribution in [2.45, 2.75) is 12.8 Å². The Hall–Kier alpha value is -1.65. The maximum Gasteiger partial charge on any atom is 0.407 e. The van der Waals surface area contributed by atoms with Gasteiger partial charge in [-0.1, -0.05) is 0 Å². The third-order valence-electron chi connectivity index (χ3n) is 3.00. The van der Waals surface area contributed by atoms with Gasteiger partial charge in [-0.3, -0.25) is 0 Å². The van der Waals surface area contributed by atoms with E-state index in [0.29, 0.717) is 25.1 Å². The Kier molecular flexibility index (Phi) is 3.26. The number of hydrogen-bond acceptors (Lipinski definition) is 1. The molecule has 5 heteroatoms. The van der Waals surface area contributed by atoms with Gasteiger partial charge in [-0.25, -0.2) is 13.6 Å². The molecule has 1 aromatic carbocycles. The van der Waals surface area contributed by atoms with Crippen LogP contribution in [0, 0.1) is 17.6 Å². The molecule has 92 valence electrons. The van der Waals surface area contributed by atoms with Gasteiger partial charge in [0.2, 0.25) is 0 Å². The highest BCUT2D eigenvalue weighted by molar-refractivity contribution is 5.65. The smallest absolute Gasteiger partial charge is 0.407 e. The minimum absolute atomic E-state index is 0.146. The summed E-state index contributed by atoms with van der Waals surface area (Å²) in [6, 6.07) is 3.43. The standard InChI is InChI=1S/C12H13F2NO2/c13-10-4-9(5-11(14)6-10)3-8-1-2-15(7-8)12(16)17/h4-6,8H,1-3,7H2,(H,16,17). The first-order valence-corrected chi connectivity index (χ1v) is 5.47. The van der Waals surface area contributed by atoms with Gasteiger partial charge >= 0.3 is 6.09 Å². The largest absolute Gasteiger partial charge is 0.465 e. The van der Waals surface area contributed by atoms with Crippen molar-refractivity contribution >= 4 is 6.09 Å². The second-order valence-electron chi connectivity index (χ2n) is 4.37. The van der Waals surface area contributed by atoms with E-state index in [2.05, 4.69) is 0 Å². The van der Waals surface area contributed by atoms with Crippen molar-refractivity contribution in [3.63, 3.8) is 0 Å². The van der Waals surface area contributed by atoms with Crippen LogP contribution in [0.1, 0.15) is 12.0 Å². The van der Waals surface area contributed by atoms with E-state index >= 15 is 0 Å². The highest BCUT2D eigenvalue weighted by Gasteiger charge is 2.25. The molecule has 0 radical (unpaired) electrons. The molecule has 1 aliphatic rings. The van der Waals surface area contributed by atoms with Crippen LogP contribution in [0.2, 0.25) is 0 Å². The molecule has 1 N–H and O–H groups in total. The van der Waals surface area contributed by atoms with E-state index in [4.69, 9.17) is 5.11 Å². The Labute approximate surface area is 97.7 Å². The SMILES string of the molecule is O=C(O)N1CCC(Cc2cc(F)cc(F)c2)C1. The maximum atomic E-state index is 13.0. The van der Waals surface area contributed by atoms with Crippen molar-refractivity contribution in [1.29, 1.82) is 0 Å². The summed E-state index contributed by atoms with van der Waals surface area (Å²) in [5.74, 6) is -1.03. The zero-order valence-electron chi connectivity index (χ0n) is 9.20. The summed E-state index contributed by atoms with van der Waals surface area (Å²) in [4.78, 5) is 12.0. The molecule has 2 rings (SSSR count). The molecule has 0 aromatic heterocycles. The van der Waals surface area contributed by atoms with Crippen molar-refractivity contribution in [3.8, 4) is 0 Å². The predicted molar refractivity (Wildman–Crippen MR) is 57.8 cm³/mol. The van der Waals surface area contributed by atoms with E-state index in [9.17, 15) is 13.6 Å². The van der Waals surface area contributed by atoms with Gasteiger partial charge in [-0.05, 0) is 36.5 Å². The molecule has 0 spiro atoms. The molecular formula is C12H13F2NO2. The minimum Gasteiger partial charge on any atom is -0.465 e. The third kappa shape index (κ3) is 2.93. The van der Waals surface area contributed by atoms with Crippen molar-refractivity contribution < 1.29 is 18.7 Å². The second kappa shape index (κ2) is 4.69. The molecule has 1 aromatic rings. The molecule has 1 aliphatic heterocycles. The third-order valence-corrected chi connectivity index (χ3v) is 3.00. The molecule has 1 heterocycles. The van der Waals surface area contributed by atoms with Crippen LogP contribution in [0.4, 0.5) is 13.6 Å². The first kappa shape index (κ1) is 11.8. The number of carbonyl (C=O) groups is 1. The lowest BCUT2D eigenvalue weighted by Crippen LogP contribution is -2.26. The average molecular weight is 241 g/mol. The quantitative estimate of drug-likeness (QED) is 0.864. The first-order chi connectivity index (χ1) is 8.04. The second-order valence-corrected chi connectivity index (χ2v) is 4.37. The van der Waals surface area contributed by atoms with Crippen molar-refractivity contribution in [3.05, 3.63) is 35.4 Å². The lowest BCUT2D eigenvalue weighted by molar-refractivity contribution is 0.154. The molecule has 0 bridgehead atoms. The fraction of sp³-hybridized carbons (Fsp3) is 0.417. The molecule has 0 saturated carbocycles. The van der Waals surface area contributed by atoms with Crippen LogP contribution in [0.5, 0.6) is 0 Å². The highest BCUT2D eigenvalue weighted by atomic mass is 19.1. The van der Waals surface area contributed by atoms with Crippen LogP contribution < -0.4 is 0 Å². The molecule has 1 fully saturated rings. The summed E-state index contributed by atoms with van der Waals surface area (Å²) < 4.78 is 25.9. The highest BCUT2D eigenvalue weighted by Crippen LogP contribution is 2.21. The van der Waals surface area contributed by atoms with Gasteiger partial charge in [-0.2, -0.15) is 0 Å². The molecular weight excluding hydrogens is 228 g/mol. The van der Waals surface area contributed by atoms with Crippen LogP contribution in [0.25, 0.3) is 0 Å². The summed E-state index contributed by atoms with van der Waals surface area (Å²) >= 11 is 0. The van der Waals surface area contributed by atoms with Crippen molar-refractivity contribution in [2.24, 2.45) is 5.92 Å². The number of halogens is 2. The Bertz CT molecular complexity index is 416. The van der Waals surface area contributed by atoms with E-state index in [1.165, 1.54) is 17.0 Å². The molecule has 1 unspecified atom stereocenters. The van der Waals surface area contributed by atoms with Crippen LogP contribution in [-0.4, -0.2) is 29.2 Å². The van der Waals surface area contributed by atoms with Crippen LogP contribution in [0.15, 0.2) is 18.2 Å². The Morgan fingerprint density at radius 1 is 1.35 bits per heavy atom. The summed E-state index contributed by atoms with van der Waals surface area (Å²) in [5, 5.41) is 8.79. The molecule has 3 nitrogen and oxygen atoms in total. The van der Waals surface area contributed by atoms with Gasteiger partial charge in [0.05, 0.1) is 0 Å². The summed E-state index contributed by atoms with van der Waals surface area (Å²) in [7, 11) is 0. The van der Waals surface area contributed by atoms with Crippen molar-refractivity contribution in [1.82, 2.24) is 4.90 Å². The van der Waals surface area contributed by atoms with Gasteiger partial charge in [0, 0.05) is 19.2 Å². The number of amides is 1. The number of benzene rings is 1. The lowest BCUT2D eigenvalue weighted by Gasteiger charge is -2.12. The molecule has 1 amide bonds. The number of carboxylic acid groups (broad SMARTS) is 1. The normalized spacial score (nSPS) is 19.6. The van der Waals surface area contributed by atoms with Crippen LogP contribution >= 0.6 is 0 Å². The van der Waals surface area contributed by atoms with Gasteiger partial charge in [0.25, 0.3) is 0 Å². The van der Waals surface area contributed by atoms with Gasteiger partial charge in [-0.15, -0.1) is 0 Å². The van der Waals surface area contributed by atoms with Gasteiger partial charge < -0.3 is 10.0 Å². The predicted octanol–water partition coefficient (Wildman–Crippen LogP) is 2.51. The van der Waals surface area contributed by atoms with Gasteiger partial charge in [0.15, 0.2) is 0 Å². The Balaban J connectivity index is 2.00. The summed E-state index contributed by atoms with van der Waals surface area (Å²) in [6.45, 7) is 0.936. The molecule has 1 atom stereocenters.